The molecule has 3 aromatic heterocycles. The topological polar surface area (TPSA) is 191 Å². The molecule has 2 aliphatic heterocycles. The smallest absolute Gasteiger partial charge is 0.408 e. The van der Waals surface area contributed by atoms with E-state index in [1.165, 1.54) is 11.3 Å². The van der Waals surface area contributed by atoms with E-state index in [2.05, 4.69) is 20.6 Å². The summed E-state index contributed by atoms with van der Waals surface area (Å²) in [5.41, 5.74) is 3.98. The van der Waals surface area contributed by atoms with Gasteiger partial charge in [-0.15, -0.1) is 0 Å². The van der Waals surface area contributed by atoms with Crippen molar-refractivity contribution in [1.29, 1.82) is 0 Å². The van der Waals surface area contributed by atoms with Crippen molar-refractivity contribution in [1.82, 2.24) is 39.8 Å². The summed E-state index contributed by atoms with van der Waals surface area (Å²) in [7, 11) is 0. The van der Waals surface area contributed by atoms with E-state index in [4.69, 9.17) is 9.72 Å². The van der Waals surface area contributed by atoms with Gasteiger partial charge in [0.2, 0.25) is 11.8 Å². The van der Waals surface area contributed by atoms with Gasteiger partial charge in [0.1, 0.15) is 24.5 Å². The largest absolute Gasteiger partial charge is 0.447 e. The molecular weight excluding hydrogens is 785 g/mol. The minimum absolute atomic E-state index is 0.0727. The van der Waals surface area contributed by atoms with Gasteiger partial charge in [-0.3, -0.25) is 23.6 Å². The number of aliphatic hydroxyl groups is 1. The zero-order valence-corrected chi connectivity index (χ0v) is 35.1. The summed E-state index contributed by atoms with van der Waals surface area (Å²) in [6.07, 6.45) is 8.31. The number of nitrogens with zero attached hydrogens (tertiary/aromatic N) is 5. The van der Waals surface area contributed by atoms with Gasteiger partial charge in [0.15, 0.2) is 10.7 Å². The minimum atomic E-state index is -0.993. The van der Waals surface area contributed by atoms with E-state index in [0.29, 0.717) is 36.6 Å². The standard InChI is InChI=1S/C44H52N8O7S/c1-26(2)38(48-37(55)25-53)41(56)52-20-10-14-34(52)40-45-22-32(47-40)28-15-17-29(18-16-28)36-24-50-23-31(46-43(50)60-36)21-35(54)33-13-8-9-19-51(33)42(57)39(30-11-6-5-7-12-30)49-44(58)59-27(3)4/h5-7,11-12,15-18,22-24,26-27,33-34,38-39,53H,8-10,13-14,19-21,25H2,1-4H3,(H,45,47)(H,48,55)(H,49,58)/t33?,34?,38-,39+/m0/s1. The Hall–Kier alpha value is -5.87. The van der Waals surface area contributed by atoms with E-state index < -0.39 is 36.7 Å². The number of rotatable bonds is 14. The molecule has 4 atom stereocenters. The monoisotopic (exact) mass is 836 g/mol. The number of amides is 4. The minimum Gasteiger partial charge on any atom is -0.447 e. The third kappa shape index (κ3) is 9.44. The average Bonchev–Trinajstić information content (AvgIpc) is 4.06. The highest BCUT2D eigenvalue weighted by molar-refractivity contribution is 7.20. The molecular formula is C44H52N8O7S. The Morgan fingerprint density at radius 1 is 0.883 bits per heavy atom. The van der Waals surface area contributed by atoms with Crippen LogP contribution >= 0.6 is 11.3 Å². The van der Waals surface area contributed by atoms with Crippen molar-refractivity contribution < 1.29 is 33.8 Å². The first kappa shape index (κ1) is 42.3. The molecule has 0 spiro atoms. The van der Waals surface area contributed by atoms with Crippen molar-refractivity contribution in [3.63, 3.8) is 0 Å². The van der Waals surface area contributed by atoms with Crippen LogP contribution in [-0.2, 0) is 30.3 Å². The van der Waals surface area contributed by atoms with Gasteiger partial charge in [-0.1, -0.05) is 79.8 Å². The highest BCUT2D eigenvalue weighted by atomic mass is 32.1. The van der Waals surface area contributed by atoms with Crippen LogP contribution in [-0.4, -0.2) is 102 Å². The molecule has 0 bridgehead atoms. The Morgan fingerprint density at radius 2 is 1.62 bits per heavy atom. The number of carbonyl (C=O) groups excluding carboxylic acids is 5. The first-order valence-electron chi connectivity index (χ1n) is 20.6. The Labute approximate surface area is 352 Å². The number of aromatic nitrogens is 4. The van der Waals surface area contributed by atoms with E-state index in [-0.39, 0.29) is 42.1 Å². The van der Waals surface area contributed by atoms with Gasteiger partial charge in [0, 0.05) is 25.5 Å². The van der Waals surface area contributed by atoms with Crippen LogP contribution in [0.25, 0.3) is 26.7 Å². The second-order valence-corrected chi connectivity index (χ2v) is 17.1. The molecule has 0 saturated carbocycles. The molecule has 0 radical (unpaired) electrons. The van der Waals surface area contributed by atoms with Crippen LogP contribution in [0.1, 0.15) is 89.0 Å². The molecule has 7 rings (SSSR count). The van der Waals surface area contributed by atoms with Crippen LogP contribution in [0.4, 0.5) is 4.79 Å². The maximum absolute atomic E-state index is 14.1. The lowest BCUT2D eigenvalue weighted by Gasteiger charge is -2.37. The Bertz CT molecular complexity index is 2290. The maximum Gasteiger partial charge on any atom is 0.408 e. The second kappa shape index (κ2) is 18.6. The summed E-state index contributed by atoms with van der Waals surface area (Å²) in [5, 5.41) is 14.6. The van der Waals surface area contributed by atoms with Crippen LogP contribution in [0, 0.1) is 5.92 Å². The Morgan fingerprint density at radius 3 is 2.32 bits per heavy atom. The first-order chi connectivity index (χ1) is 28.9. The maximum atomic E-state index is 14.1. The highest BCUT2D eigenvalue weighted by Gasteiger charge is 2.39. The van der Waals surface area contributed by atoms with Crippen molar-refractivity contribution >= 4 is 45.9 Å². The number of thiazole rings is 1. The molecule has 2 aliphatic rings. The summed E-state index contributed by atoms with van der Waals surface area (Å²) < 4.78 is 7.22. The van der Waals surface area contributed by atoms with Crippen LogP contribution in [0.15, 0.2) is 73.2 Å². The Kier molecular flexibility index (Phi) is 13.1. The number of Topliss-reactive ketones (excluding diaryl/α,β-unsaturated/α-hetero) is 1. The van der Waals surface area contributed by atoms with Crippen molar-refractivity contribution in [2.24, 2.45) is 5.92 Å². The van der Waals surface area contributed by atoms with Crippen molar-refractivity contribution in [3.05, 3.63) is 90.3 Å². The van der Waals surface area contributed by atoms with Gasteiger partial charge in [0.25, 0.3) is 5.91 Å². The van der Waals surface area contributed by atoms with Crippen molar-refractivity contribution in [2.75, 3.05) is 19.7 Å². The molecule has 2 saturated heterocycles. The molecule has 2 fully saturated rings. The SMILES string of the molecule is CC(C)OC(=O)N[C@@H](C(=O)N1CCCCC1C(=O)Cc1cn2cc(-c3ccc(-c4cnc(C5CCCN5C(=O)[C@@H](NC(=O)CO)C(C)C)[nH]4)cc3)sc2n1)c1ccccc1. The molecule has 15 nitrogen and oxygen atoms in total. The number of imidazole rings is 2. The van der Waals surface area contributed by atoms with E-state index in [1.54, 1.807) is 54.1 Å². The lowest BCUT2D eigenvalue weighted by Crippen LogP contribution is -2.52. The number of ether oxygens (including phenoxy) is 1. The third-order valence-electron chi connectivity index (χ3n) is 11.0. The van der Waals surface area contributed by atoms with Crippen LogP contribution in [0.2, 0.25) is 0 Å². The molecule has 4 amide bonds. The number of fused-ring (bicyclic) bond motifs is 1. The van der Waals surface area contributed by atoms with Gasteiger partial charge in [-0.25, -0.2) is 14.8 Å². The fourth-order valence-corrected chi connectivity index (χ4v) is 9.04. The number of ketones is 1. The number of benzene rings is 2. The highest BCUT2D eigenvalue weighted by Crippen LogP contribution is 2.34. The number of hydrogen-bond acceptors (Lipinski definition) is 10. The van der Waals surface area contributed by atoms with E-state index in [1.807, 2.05) is 61.0 Å². The average molecular weight is 837 g/mol. The number of hydrogen-bond donors (Lipinski definition) is 4. The van der Waals surface area contributed by atoms with Gasteiger partial charge in [-0.05, 0) is 68.6 Å². The van der Waals surface area contributed by atoms with Gasteiger partial charge in [-0.2, -0.15) is 0 Å². The molecule has 5 aromatic rings. The number of nitrogens with one attached hydrogen (secondary N) is 3. The first-order valence-corrected chi connectivity index (χ1v) is 21.4. The number of alkyl carbamates (subject to hydrolysis) is 1. The molecule has 16 heteroatoms. The molecule has 60 heavy (non-hydrogen) atoms. The van der Waals surface area contributed by atoms with Crippen molar-refractivity contribution in [3.8, 4) is 21.7 Å². The third-order valence-corrected chi connectivity index (χ3v) is 12.1. The summed E-state index contributed by atoms with van der Waals surface area (Å²) in [6, 6.07) is 14.5. The molecule has 4 N–H and O–H groups in total. The van der Waals surface area contributed by atoms with E-state index in [0.717, 1.165) is 52.3 Å². The predicted molar refractivity (Wildman–Crippen MR) is 226 cm³/mol. The fraction of sp³-hybridized carbons (Fsp3) is 0.432. The molecule has 2 aromatic carbocycles. The summed E-state index contributed by atoms with van der Waals surface area (Å²) in [4.78, 5) is 84.0. The fourth-order valence-electron chi connectivity index (χ4n) is 8.05. The summed E-state index contributed by atoms with van der Waals surface area (Å²) in [6.45, 7) is 7.50. The number of piperidine rings is 1. The second-order valence-electron chi connectivity index (χ2n) is 16.0. The molecule has 316 valence electrons. The van der Waals surface area contributed by atoms with Gasteiger partial charge >= 0.3 is 6.09 Å². The summed E-state index contributed by atoms with van der Waals surface area (Å²) in [5.74, 6) is -0.669. The van der Waals surface area contributed by atoms with Gasteiger partial charge in [0.05, 0.1) is 47.1 Å². The normalized spacial score (nSPS) is 17.9. The zero-order chi connectivity index (χ0) is 42.5. The van der Waals surface area contributed by atoms with E-state index >= 15 is 0 Å². The van der Waals surface area contributed by atoms with Crippen molar-refractivity contribution in [2.45, 2.75) is 96.5 Å². The molecule has 2 unspecified atom stereocenters. The predicted octanol–water partition coefficient (Wildman–Crippen LogP) is 5.62. The van der Waals surface area contributed by atoms with Gasteiger partial charge < -0.3 is 35.3 Å². The quantitative estimate of drug-likeness (QED) is 0.110. The lowest BCUT2D eigenvalue weighted by molar-refractivity contribution is -0.143. The van der Waals surface area contributed by atoms with Crippen LogP contribution in [0.5, 0.6) is 0 Å². The zero-order valence-electron chi connectivity index (χ0n) is 34.3. The summed E-state index contributed by atoms with van der Waals surface area (Å²) >= 11 is 1.51. The number of aromatic amines is 1. The number of aliphatic hydroxyl groups excluding tert-OH is 1. The van der Waals surface area contributed by atoms with Crippen LogP contribution < -0.4 is 10.6 Å². The molecule has 5 heterocycles. The lowest BCUT2D eigenvalue weighted by atomic mass is 9.94. The number of carbonyl (C=O) groups is 5. The van der Waals surface area contributed by atoms with E-state index in [9.17, 15) is 29.1 Å². The number of likely N-dealkylation sites (tertiary alicyclic amines) is 2. The molecule has 0 aliphatic carbocycles. The number of H-pyrrole nitrogens is 1. The Balaban J connectivity index is 1.00. The van der Waals surface area contributed by atoms with Crippen LogP contribution in [0.3, 0.4) is 0 Å².